The predicted molar refractivity (Wildman–Crippen MR) is 84.0 cm³/mol. The van der Waals surface area contributed by atoms with Crippen LogP contribution in [0, 0.1) is 0 Å². The summed E-state index contributed by atoms with van der Waals surface area (Å²) in [6.07, 6.45) is 0. The average Bonchev–Trinajstić information content (AvgIpc) is 2.45. The van der Waals surface area contributed by atoms with Crippen molar-refractivity contribution in [2.24, 2.45) is 0 Å². The highest BCUT2D eigenvalue weighted by molar-refractivity contribution is 14.1. The quantitative estimate of drug-likeness (QED) is 0.484. The number of esters is 1. The van der Waals surface area contributed by atoms with Crippen molar-refractivity contribution in [2.45, 2.75) is 3.92 Å². The Bertz CT molecular complexity index is 625. The summed E-state index contributed by atoms with van der Waals surface area (Å²) >= 11 is 1.92. The first kappa shape index (κ1) is 14.6. The minimum absolute atomic E-state index is 0.0724. The Kier molecular flexibility index (Phi) is 4.49. The fourth-order valence-electron chi connectivity index (χ4n) is 1.98. The minimum atomic E-state index is -0.620. The van der Waals surface area contributed by atoms with E-state index in [-0.39, 0.29) is 11.5 Å². The molecule has 0 heterocycles. The molecule has 20 heavy (non-hydrogen) atoms. The smallest absolute Gasteiger partial charge is 0.323 e. The van der Waals surface area contributed by atoms with E-state index in [9.17, 15) is 15.0 Å². The summed E-state index contributed by atoms with van der Waals surface area (Å²) in [6, 6.07) is 11.9. The van der Waals surface area contributed by atoms with E-state index >= 15 is 0 Å². The molecule has 0 amide bonds. The lowest BCUT2D eigenvalue weighted by molar-refractivity contribution is -0.139. The average molecular weight is 384 g/mol. The summed E-state index contributed by atoms with van der Waals surface area (Å²) in [6.45, 7) is 0. The second-order valence-electron chi connectivity index (χ2n) is 4.18. The zero-order valence-corrected chi connectivity index (χ0v) is 12.9. The summed E-state index contributed by atoms with van der Waals surface area (Å²) in [5.74, 6) is -0.604. The van der Waals surface area contributed by atoms with Crippen molar-refractivity contribution in [1.82, 2.24) is 0 Å². The summed E-state index contributed by atoms with van der Waals surface area (Å²) in [5, 5.41) is 19.8. The van der Waals surface area contributed by atoms with Crippen molar-refractivity contribution in [3.63, 3.8) is 0 Å². The number of ether oxygens (including phenoxy) is 1. The number of hydrogen-bond acceptors (Lipinski definition) is 4. The van der Waals surface area contributed by atoms with Crippen LogP contribution in [0.1, 0.15) is 9.49 Å². The largest absolute Gasteiger partial charge is 0.508 e. The van der Waals surface area contributed by atoms with Gasteiger partial charge >= 0.3 is 5.97 Å². The van der Waals surface area contributed by atoms with E-state index in [2.05, 4.69) is 0 Å². The minimum Gasteiger partial charge on any atom is -0.508 e. The van der Waals surface area contributed by atoms with Crippen molar-refractivity contribution >= 4 is 28.6 Å². The first-order chi connectivity index (χ1) is 9.54. The zero-order valence-electron chi connectivity index (χ0n) is 10.7. The van der Waals surface area contributed by atoms with Gasteiger partial charge < -0.3 is 14.9 Å². The molecule has 0 radical (unpaired) electrons. The van der Waals surface area contributed by atoms with Gasteiger partial charge in [-0.2, -0.15) is 0 Å². The number of alkyl halides is 1. The van der Waals surface area contributed by atoms with Crippen LogP contribution in [0.25, 0.3) is 11.1 Å². The van der Waals surface area contributed by atoms with Gasteiger partial charge in [-0.05, 0) is 17.2 Å². The Balaban J connectivity index is 2.64. The maximum Gasteiger partial charge on any atom is 0.323 e. The number of carbonyl (C=O) groups excluding carboxylic acids is 1. The van der Waals surface area contributed by atoms with Crippen molar-refractivity contribution in [3.05, 3.63) is 48.0 Å². The first-order valence-corrected chi connectivity index (χ1v) is 7.12. The molecule has 2 aromatic rings. The van der Waals surface area contributed by atoms with Crippen molar-refractivity contribution in [2.75, 3.05) is 7.11 Å². The van der Waals surface area contributed by atoms with Crippen LogP contribution in [0.2, 0.25) is 0 Å². The summed E-state index contributed by atoms with van der Waals surface area (Å²) in [4.78, 5) is 11.7. The van der Waals surface area contributed by atoms with Crippen LogP contribution >= 0.6 is 22.6 Å². The van der Waals surface area contributed by atoms with Crippen molar-refractivity contribution in [3.8, 4) is 22.6 Å². The molecule has 0 aromatic heterocycles. The van der Waals surface area contributed by atoms with E-state index < -0.39 is 9.89 Å². The molecule has 0 saturated heterocycles. The molecule has 4 nitrogen and oxygen atoms in total. The van der Waals surface area contributed by atoms with Gasteiger partial charge in [0.05, 0.1) is 7.11 Å². The van der Waals surface area contributed by atoms with Gasteiger partial charge in [0, 0.05) is 11.6 Å². The van der Waals surface area contributed by atoms with Gasteiger partial charge in [-0.3, -0.25) is 4.79 Å². The Morgan fingerprint density at radius 3 is 2.45 bits per heavy atom. The number of halogens is 1. The number of carbonyl (C=O) groups is 1. The van der Waals surface area contributed by atoms with Crippen molar-refractivity contribution in [1.29, 1.82) is 0 Å². The topological polar surface area (TPSA) is 66.8 Å². The Morgan fingerprint density at radius 1 is 1.20 bits per heavy atom. The van der Waals surface area contributed by atoms with Gasteiger partial charge in [0.15, 0.2) is 0 Å². The van der Waals surface area contributed by atoms with E-state index in [4.69, 9.17) is 4.74 Å². The molecule has 2 N–H and O–H groups in total. The summed E-state index contributed by atoms with van der Waals surface area (Å²) in [7, 11) is 1.30. The molecular weight excluding hydrogens is 371 g/mol. The van der Waals surface area contributed by atoms with Gasteiger partial charge in [-0.15, -0.1) is 0 Å². The van der Waals surface area contributed by atoms with E-state index in [1.54, 1.807) is 0 Å². The highest BCUT2D eigenvalue weighted by Gasteiger charge is 2.24. The van der Waals surface area contributed by atoms with E-state index in [0.717, 1.165) is 5.56 Å². The molecule has 2 rings (SSSR count). The van der Waals surface area contributed by atoms with Crippen LogP contribution in [-0.4, -0.2) is 23.3 Å². The van der Waals surface area contributed by atoms with E-state index in [0.29, 0.717) is 11.1 Å². The molecule has 1 atom stereocenters. The maximum absolute atomic E-state index is 11.7. The Morgan fingerprint density at radius 2 is 1.85 bits per heavy atom. The second-order valence-corrected chi connectivity index (χ2v) is 5.43. The van der Waals surface area contributed by atoms with Crippen LogP contribution in [0.3, 0.4) is 0 Å². The first-order valence-electron chi connectivity index (χ1n) is 5.87. The third-order valence-corrected chi connectivity index (χ3v) is 4.06. The molecule has 0 bridgehead atoms. The van der Waals surface area contributed by atoms with Crippen molar-refractivity contribution < 1.29 is 19.7 Å². The Labute approximate surface area is 130 Å². The van der Waals surface area contributed by atoms with E-state index in [1.807, 2.05) is 52.9 Å². The molecule has 0 aliphatic heterocycles. The van der Waals surface area contributed by atoms with E-state index in [1.165, 1.54) is 19.2 Å². The molecule has 0 aliphatic carbocycles. The SMILES string of the molecule is COC(=O)C(I)c1cc(O)cc(O)c1-c1ccccc1. The number of phenolic OH excluding ortho intramolecular Hbond substituents is 2. The standard InChI is InChI=1S/C15H13IO4/c1-20-15(19)14(16)11-7-10(17)8-12(18)13(11)9-5-3-2-4-6-9/h2-8,14,17-18H,1H3. The predicted octanol–water partition coefficient (Wildman–Crippen LogP) is 3.41. The monoisotopic (exact) mass is 384 g/mol. The third kappa shape index (κ3) is 2.87. The maximum atomic E-state index is 11.7. The lowest BCUT2D eigenvalue weighted by Crippen LogP contribution is -2.09. The summed E-state index contributed by atoms with van der Waals surface area (Å²) in [5.41, 5.74) is 1.81. The number of methoxy groups -OCH3 is 1. The van der Waals surface area contributed by atoms with Crippen LogP contribution < -0.4 is 0 Å². The lowest BCUT2D eigenvalue weighted by atomic mass is 9.96. The number of phenols is 2. The third-order valence-electron chi connectivity index (χ3n) is 2.88. The van der Waals surface area contributed by atoms with Gasteiger partial charge in [-0.1, -0.05) is 52.9 Å². The number of aromatic hydroxyl groups is 2. The van der Waals surface area contributed by atoms with Crippen LogP contribution in [0.15, 0.2) is 42.5 Å². The molecule has 104 valence electrons. The Hall–Kier alpha value is -1.76. The second kappa shape index (κ2) is 6.13. The fraction of sp³-hybridized carbons (Fsp3) is 0.133. The molecule has 2 aromatic carbocycles. The van der Waals surface area contributed by atoms with Crippen LogP contribution in [-0.2, 0) is 9.53 Å². The molecule has 1 unspecified atom stereocenters. The van der Waals surface area contributed by atoms with Gasteiger partial charge in [0.25, 0.3) is 0 Å². The zero-order chi connectivity index (χ0) is 14.7. The molecule has 5 heteroatoms. The van der Waals surface area contributed by atoms with Gasteiger partial charge in [0.2, 0.25) is 0 Å². The number of rotatable bonds is 3. The fourth-order valence-corrected chi connectivity index (χ4v) is 2.73. The normalized spacial score (nSPS) is 11.9. The molecule has 0 spiro atoms. The molecule has 0 aliphatic rings. The van der Waals surface area contributed by atoms with Gasteiger partial charge in [0.1, 0.15) is 15.4 Å². The highest BCUT2D eigenvalue weighted by atomic mass is 127. The molecule has 0 fully saturated rings. The molecule has 0 saturated carbocycles. The number of hydrogen-bond donors (Lipinski definition) is 2. The van der Waals surface area contributed by atoms with Crippen LogP contribution in [0.4, 0.5) is 0 Å². The van der Waals surface area contributed by atoms with Gasteiger partial charge in [-0.25, -0.2) is 0 Å². The number of benzene rings is 2. The lowest BCUT2D eigenvalue weighted by Gasteiger charge is -2.16. The summed E-state index contributed by atoms with van der Waals surface area (Å²) < 4.78 is 4.11. The molecular formula is C15H13IO4. The highest BCUT2D eigenvalue weighted by Crippen LogP contribution is 2.41. The van der Waals surface area contributed by atoms with Crippen LogP contribution in [0.5, 0.6) is 11.5 Å².